The lowest BCUT2D eigenvalue weighted by atomic mass is 10.1. The van der Waals surface area contributed by atoms with Gasteiger partial charge in [0.25, 0.3) is 0 Å². The molecule has 0 saturated carbocycles. The molecule has 0 radical (unpaired) electrons. The van der Waals surface area contributed by atoms with E-state index in [0.29, 0.717) is 12.1 Å². The van der Waals surface area contributed by atoms with Gasteiger partial charge in [0.1, 0.15) is 5.82 Å². The molecule has 1 unspecified atom stereocenters. The normalized spacial score (nSPS) is 12.2. The smallest absolute Gasteiger partial charge is 0.226 e. The molecule has 1 rings (SSSR count). The lowest BCUT2D eigenvalue weighted by molar-refractivity contribution is -0.129. The summed E-state index contributed by atoms with van der Waals surface area (Å²) in [5.74, 6) is -0.424. The summed E-state index contributed by atoms with van der Waals surface area (Å²) in [6, 6.07) is 6.34. The van der Waals surface area contributed by atoms with Crippen molar-refractivity contribution in [3.8, 4) is 0 Å². The van der Waals surface area contributed by atoms with Gasteiger partial charge in [-0.05, 0) is 25.0 Å². The topological polar surface area (TPSA) is 20.3 Å². The first-order valence-corrected chi connectivity index (χ1v) is 6.05. The molecule has 0 fully saturated rings. The van der Waals surface area contributed by atoms with Crippen molar-refractivity contribution >= 4 is 17.5 Å². The summed E-state index contributed by atoms with van der Waals surface area (Å²) in [6.07, 6.45) is 0.834. The van der Waals surface area contributed by atoms with E-state index in [0.717, 1.165) is 6.42 Å². The molecule has 0 spiro atoms. The standard InChI is InChI=1S/C13H17ClFNO/c1-10(14)7-8-16(2)13(17)9-11-5-3-4-6-12(11)15/h3-6,10H,7-9H2,1-2H3. The molecule has 0 aliphatic rings. The van der Waals surface area contributed by atoms with Crippen LogP contribution in [0, 0.1) is 5.82 Å². The van der Waals surface area contributed by atoms with Crippen molar-refractivity contribution in [2.45, 2.75) is 25.1 Å². The number of rotatable bonds is 5. The van der Waals surface area contributed by atoms with Gasteiger partial charge in [-0.2, -0.15) is 0 Å². The fourth-order valence-corrected chi connectivity index (χ4v) is 1.53. The van der Waals surface area contributed by atoms with Crippen LogP contribution in [0.5, 0.6) is 0 Å². The zero-order valence-electron chi connectivity index (χ0n) is 10.1. The van der Waals surface area contributed by atoms with Crippen LogP contribution in [0.2, 0.25) is 0 Å². The number of nitrogens with zero attached hydrogens (tertiary/aromatic N) is 1. The van der Waals surface area contributed by atoms with E-state index < -0.39 is 0 Å². The van der Waals surface area contributed by atoms with Gasteiger partial charge in [-0.3, -0.25) is 4.79 Å². The molecule has 17 heavy (non-hydrogen) atoms. The van der Waals surface area contributed by atoms with Crippen LogP contribution < -0.4 is 0 Å². The van der Waals surface area contributed by atoms with E-state index in [2.05, 4.69) is 0 Å². The highest BCUT2D eigenvalue weighted by atomic mass is 35.5. The maximum absolute atomic E-state index is 13.3. The third kappa shape index (κ3) is 4.73. The Hall–Kier alpha value is -1.09. The molecule has 0 saturated heterocycles. The van der Waals surface area contributed by atoms with Crippen LogP contribution in [0.25, 0.3) is 0 Å². The molecule has 2 nitrogen and oxygen atoms in total. The van der Waals surface area contributed by atoms with Crippen LogP contribution in [-0.2, 0) is 11.2 Å². The summed E-state index contributed by atoms with van der Waals surface area (Å²) in [6.45, 7) is 2.48. The number of benzene rings is 1. The first-order valence-electron chi connectivity index (χ1n) is 5.62. The van der Waals surface area contributed by atoms with Crippen LogP contribution in [0.1, 0.15) is 18.9 Å². The minimum absolute atomic E-state index is 0.0405. The summed E-state index contributed by atoms with van der Waals surface area (Å²) in [4.78, 5) is 13.4. The number of alkyl halides is 1. The van der Waals surface area contributed by atoms with E-state index in [4.69, 9.17) is 11.6 Å². The first-order chi connectivity index (χ1) is 8.00. The number of hydrogen-bond donors (Lipinski definition) is 0. The minimum Gasteiger partial charge on any atom is -0.345 e. The maximum atomic E-state index is 13.3. The van der Waals surface area contributed by atoms with Crippen molar-refractivity contribution in [3.05, 3.63) is 35.6 Å². The van der Waals surface area contributed by atoms with Gasteiger partial charge in [0, 0.05) is 19.0 Å². The van der Waals surface area contributed by atoms with Crippen molar-refractivity contribution in [2.24, 2.45) is 0 Å². The zero-order valence-corrected chi connectivity index (χ0v) is 10.9. The first kappa shape index (κ1) is 14.0. The van der Waals surface area contributed by atoms with Gasteiger partial charge in [0.05, 0.1) is 6.42 Å². The summed E-state index contributed by atoms with van der Waals surface area (Å²) >= 11 is 5.81. The lowest BCUT2D eigenvalue weighted by Crippen LogP contribution is -2.30. The monoisotopic (exact) mass is 257 g/mol. The third-order valence-electron chi connectivity index (χ3n) is 2.59. The second-order valence-corrected chi connectivity index (χ2v) is 4.90. The van der Waals surface area contributed by atoms with Crippen LogP contribution in [-0.4, -0.2) is 29.8 Å². The predicted molar refractivity (Wildman–Crippen MR) is 67.7 cm³/mol. The zero-order chi connectivity index (χ0) is 12.8. The van der Waals surface area contributed by atoms with Gasteiger partial charge in [-0.25, -0.2) is 4.39 Å². The van der Waals surface area contributed by atoms with Gasteiger partial charge < -0.3 is 4.90 Å². The Bertz CT molecular complexity index is 381. The molecule has 1 atom stereocenters. The Morgan fingerprint density at radius 2 is 2.12 bits per heavy atom. The number of likely N-dealkylation sites (N-methyl/N-ethyl adjacent to an activating group) is 1. The SMILES string of the molecule is CC(Cl)CCN(C)C(=O)Cc1ccccc1F. The Balaban J connectivity index is 2.52. The van der Waals surface area contributed by atoms with Crippen molar-refractivity contribution in [1.29, 1.82) is 0 Å². The molecule has 0 aromatic heterocycles. The highest BCUT2D eigenvalue weighted by Gasteiger charge is 2.12. The largest absolute Gasteiger partial charge is 0.345 e. The molecule has 0 heterocycles. The molecule has 0 aliphatic carbocycles. The van der Waals surface area contributed by atoms with Crippen molar-refractivity contribution < 1.29 is 9.18 Å². The summed E-state index contributed by atoms with van der Waals surface area (Å²) in [5, 5.41) is 0.0405. The molecular formula is C13H17ClFNO. The fraction of sp³-hybridized carbons (Fsp3) is 0.462. The molecule has 0 aliphatic heterocycles. The van der Waals surface area contributed by atoms with E-state index in [1.807, 2.05) is 6.92 Å². The third-order valence-corrected chi connectivity index (χ3v) is 2.81. The molecule has 1 aromatic rings. The van der Waals surface area contributed by atoms with Crippen LogP contribution in [0.3, 0.4) is 0 Å². The number of carbonyl (C=O) groups excluding carboxylic acids is 1. The number of hydrogen-bond acceptors (Lipinski definition) is 1. The van der Waals surface area contributed by atoms with Crippen LogP contribution in [0.15, 0.2) is 24.3 Å². The van der Waals surface area contributed by atoms with E-state index in [9.17, 15) is 9.18 Å². The molecule has 0 bridgehead atoms. The average molecular weight is 258 g/mol. The Morgan fingerprint density at radius 1 is 1.47 bits per heavy atom. The van der Waals surface area contributed by atoms with E-state index in [-0.39, 0.29) is 23.5 Å². The van der Waals surface area contributed by atoms with Crippen molar-refractivity contribution in [3.63, 3.8) is 0 Å². The maximum Gasteiger partial charge on any atom is 0.226 e. The number of halogens is 2. The van der Waals surface area contributed by atoms with Crippen LogP contribution >= 0.6 is 11.6 Å². The van der Waals surface area contributed by atoms with Gasteiger partial charge in [-0.15, -0.1) is 11.6 Å². The second-order valence-electron chi connectivity index (χ2n) is 4.15. The molecule has 94 valence electrons. The van der Waals surface area contributed by atoms with Crippen molar-refractivity contribution in [2.75, 3.05) is 13.6 Å². The summed E-state index contributed by atoms with van der Waals surface area (Å²) < 4.78 is 13.3. The summed E-state index contributed by atoms with van der Waals surface area (Å²) in [5.41, 5.74) is 0.434. The van der Waals surface area contributed by atoms with Gasteiger partial charge >= 0.3 is 0 Å². The molecule has 1 aromatic carbocycles. The highest BCUT2D eigenvalue weighted by molar-refractivity contribution is 6.20. The van der Waals surface area contributed by atoms with E-state index >= 15 is 0 Å². The Morgan fingerprint density at radius 3 is 2.71 bits per heavy atom. The Kier molecular flexibility index (Phi) is 5.42. The fourth-order valence-electron chi connectivity index (χ4n) is 1.44. The average Bonchev–Trinajstić information content (AvgIpc) is 2.28. The molecule has 1 amide bonds. The van der Waals surface area contributed by atoms with Gasteiger partial charge in [0.15, 0.2) is 0 Å². The minimum atomic E-state index is -0.333. The van der Waals surface area contributed by atoms with Crippen molar-refractivity contribution in [1.82, 2.24) is 4.90 Å². The number of carbonyl (C=O) groups is 1. The highest BCUT2D eigenvalue weighted by Crippen LogP contribution is 2.09. The van der Waals surface area contributed by atoms with Gasteiger partial charge in [0.2, 0.25) is 5.91 Å². The van der Waals surface area contributed by atoms with E-state index in [1.165, 1.54) is 6.07 Å². The van der Waals surface area contributed by atoms with E-state index in [1.54, 1.807) is 30.1 Å². The number of amides is 1. The predicted octanol–water partition coefficient (Wildman–Crippen LogP) is 2.84. The summed E-state index contributed by atoms with van der Waals surface area (Å²) in [7, 11) is 1.71. The molecule has 4 heteroatoms. The van der Waals surface area contributed by atoms with Gasteiger partial charge in [-0.1, -0.05) is 18.2 Å². The Labute approximate surface area is 106 Å². The molecular weight excluding hydrogens is 241 g/mol. The van der Waals surface area contributed by atoms with Crippen LogP contribution in [0.4, 0.5) is 4.39 Å². The molecule has 0 N–H and O–H groups in total. The quantitative estimate of drug-likeness (QED) is 0.743. The second kappa shape index (κ2) is 6.60. The lowest BCUT2D eigenvalue weighted by Gasteiger charge is -2.18.